The summed E-state index contributed by atoms with van der Waals surface area (Å²) in [6.45, 7) is 1.87. The minimum atomic E-state index is -3.65. The van der Waals surface area contributed by atoms with Crippen molar-refractivity contribution in [2.24, 2.45) is 5.73 Å². The summed E-state index contributed by atoms with van der Waals surface area (Å²) in [5.74, 6) is 0.546. The zero-order valence-electron chi connectivity index (χ0n) is 10.5. The third-order valence-electron chi connectivity index (χ3n) is 2.70. The molecule has 0 aliphatic carbocycles. The van der Waals surface area contributed by atoms with E-state index in [-0.39, 0.29) is 11.6 Å². The molecule has 4 N–H and O–H groups in total. The predicted octanol–water partition coefficient (Wildman–Crippen LogP) is 0.696. The van der Waals surface area contributed by atoms with Gasteiger partial charge in [-0.2, -0.15) is 0 Å². The number of aromatic nitrogens is 2. The standard InChI is InChI=1S/C12H16N4O2S/c1-9-14-8-12(15-9)19(17,18)16-11(7-13)10-5-3-2-4-6-10/h2-6,8,11,16H,7,13H2,1H3,(H,14,15). The first kappa shape index (κ1) is 13.7. The van der Waals surface area contributed by atoms with E-state index in [1.807, 2.05) is 30.3 Å². The van der Waals surface area contributed by atoms with Crippen molar-refractivity contribution in [1.29, 1.82) is 0 Å². The Morgan fingerprint density at radius 1 is 1.37 bits per heavy atom. The van der Waals surface area contributed by atoms with E-state index in [9.17, 15) is 8.42 Å². The molecule has 1 unspecified atom stereocenters. The van der Waals surface area contributed by atoms with Crippen molar-refractivity contribution in [1.82, 2.24) is 14.7 Å². The Kier molecular flexibility index (Phi) is 3.98. The van der Waals surface area contributed by atoms with Crippen LogP contribution in [0.5, 0.6) is 0 Å². The van der Waals surface area contributed by atoms with Crippen molar-refractivity contribution >= 4 is 10.0 Å². The van der Waals surface area contributed by atoms with Crippen molar-refractivity contribution in [3.05, 3.63) is 47.9 Å². The van der Waals surface area contributed by atoms with Crippen LogP contribution in [0.1, 0.15) is 17.4 Å². The van der Waals surface area contributed by atoms with Gasteiger partial charge in [0.2, 0.25) is 0 Å². The number of nitrogens with two attached hydrogens (primary N) is 1. The van der Waals surface area contributed by atoms with Gasteiger partial charge in [-0.1, -0.05) is 30.3 Å². The van der Waals surface area contributed by atoms with E-state index < -0.39 is 16.1 Å². The molecule has 102 valence electrons. The number of hydrogen-bond acceptors (Lipinski definition) is 4. The molecule has 0 fully saturated rings. The average Bonchev–Trinajstić information content (AvgIpc) is 2.85. The molecule has 2 rings (SSSR count). The van der Waals surface area contributed by atoms with Gasteiger partial charge in [-0.15, -0.1) is 0 Å². The third kappa shape index (κ3) is 3.19. The van der Waals surface area contributed by atoms with Gasteiger partial charge < -0.3 is 10.7 Å². The second-order valence-corrected chi connectivity index (χ2v) is 5.84. The van der Waals surface area contributed by atoms with Crippen LogP contribution >= 0.6 is 0 Å². The van der Waals surface area contributed by atoms with E-state index in [2.05, 4.69) is 14.7 Å². The van der Waals surface area contributed by atoms with E-state index in [1.54, 1.807) is 6.92 Å². The molecular weight excluding hydrogens is 264 g/mol. The summed E-state index contributed by atoms with van der Waals surface area (Å²) in [4.78, 5) is 6.58. The Morgan fingerprint density at radius 2 is 2.05 bits per heavy atom. The number of rotatable bonds is 5. The first-order chi connectivity index (χ1) is 9.03. The topological polar surface area (TPSA) is 101 Å². The minimum Gasteiger partial charge on any atom is -0.332 e. The smallest absolute Gasteiger partial charge is 0.258 e. The summed E-state index contributed by atoms with van der Waals surface area (Å²) in [5, 5.41) is 0.0411. The largest absolute Gasteiger partial charge is 0.332 e. The van der Waals surface area contributed by atoms with Gasteiger partial charge in [-0.25, -0.2) is 18.1 Å². The minimum absolute atomic E-state index is 0.0411. The van der Waals surface area contributed by atoms with Crippen LogP contribution in [0.15, 0.2) is 41.6 Å². The number of aromatic amines is 1. The van der Waals surface area contributed by atoms with Crippen molar-refractivity contribution in [2.45, 2.75) is 18.0 Å². The Hall–Kier alpha value is -1.70. The molecule has 0 bridgehead atoms. The lowest BCUT2D eigenvalue weighted by atomic mass is 10.1. The molecule has 0 saturated carbocycles. The van der Waals surface area contributed by atoms with Crippen molar-refractivity contribution in [3.63, 3.8) is 0 Å². The van der Waals surface area contributed by atoms with Crippen molar-refractivity contribution in [2.75, 3.05) is 6.54 Å². The monoisotopic (exact) mass is 280 g/mol. The third-order valence-corrected chi connectivity index (χ3v) is 4.09. The summed E-state index contributed by atoms with van der Waals surface area (Å²) in [5.41, 5.74) is 6.47. The highest BCUT2D eigenvalue weighted by atomic mass is 32.2. The molecule has 0 amide bonds. The van der Waals surface area contributed by atoms with Crippen LogP contribution < -0.4 is 10.5 Å². The zero-order valence-corrected chi connectivity index (χ0v) is 11.3. The van der Waals surface area contributed by atoms with E-state index in [0.29, 0.717) is 5.82 Å². The lowest BCUT2D eigenvalue weighted by molar-refractivity contribution is 0.555. The highest BCUT2D eigenvalue weighted by Crippen LogP contribution is 2.15. The van der Waals surface area contributed by atoms with E-state index in [1.165, 1.54) is 6.20 Å². The van der Waals surface area contributed by atoms with Crippen molar-refractivity contribution < 1.29 is 8.42 Å². The lowest BCUT2D eigenvalue weighted by Gasteiger charge is -2.16. The van der Waals surface area contributed by atoms with Gasteiger partial charge in [0.05, 0.1) is 12.2 Å². The number of nitrogens with zero attached hydrogens (tertiary/aromatic N) is 1. The molecule has 0 saturated heterocycles. The van der Waals surface area contributed by atoms with Crippen LogP contribution in [0.25, 0.3) is 0 Å². The van der Waals surface area contributed by atoms with E-state index in [0.717, 1.165) is 5.56 Å². The second kappa shape index (κ2) is 5.52. The number of aryl methyl sites for hydroxylation is 1. The zero-order chi connectivity index (χ0) is 13.9. The van der Waals surface area contributed by atoms with Crippen LogP contribution in [0, 0.1) is 6.92 Å². The SMILES string of the molecule is Cc1ncc(S(=O)(=O)NC(CN)c2ccccc2)[nH]1. The lowest BCUT2D eigenvalue weighted by Crippen LogP contribution is -2.33. The number of H-pyrrole nitrogens is 1. The van der Waals surface area contributed by atoms with Crippen LogP contribution in [-0.4, -0.2) is 24.9 Å². The highest BCUT2D eigenvalue weighted by Gasteiger charge is 2.21. The maximum Gasteiger partial charge on any atom is 0.258 e. The predicted molar refractivity (Wildman–Crippen MR) is 71.9 cm³/mol. The number of nitrogens with one attached hydrogen (secondary N) is 2. The summed E-state index contributed by atoms with van der Waals surface area (Å²) in [6.07, 6.45) is 1.29. The van der Waals surface area contributed by atoms with Gasteiger partial charge in [0.25, 0.3) is 10.0 Å². The summed E-state index contributed by atoms with van der Waals surface area (Å²) in [7, 11) is -3.65. The van der Waals surface area contributed by atoms with Crippen LogP contribution in [0.4, 0.5) is 0 Å². The van der Waals surface area contributed by atoms with Gasteiger partial charge in [0, 0.05) is 6.54 Å². The molecule has 0 aliphatic rings. The Balaban J connectivity index is 2.23. The van der Waals surface area contributed by atoms with Gasteiger partial charge in [-0.3, -0.25) is 0 Å². The molecule has 6 nitrogen and oxygen atoms in total. The summed E-state index contributed by atoms with van der Waals surface area (Å²) < 4.78 is 26.9. The first-order valence-corrected chi connectivity index (χ1v) is 7.30. The first-order valence-electron chi connectivity index (χ1n) is 5.82. The fourth-order valence-electron chi connectivity index (χ4n) is 1.72. The normalized spacial score (nSPS) is 13.4. The molecule has 0 spiro atoms. The fourth-order valence-corrected chi connectivity index (χ4v) is 2.93. The summed E-state index contributed by atoms with van der Waals surface area (Å²) >= 11 is 0. The Morgan fingerprint density at radius 3 is 2.58 bits per heavy atom. The molecule has 0 aliphatic heterocycles. The highest BCUT2D eigenvalue weighted by molar-refractivity contribution is 7.89. The second-order valence-electron chi connectivity index (χ2n) is 4.15. The number of sulfonamides is 1. The van der Waals surface area contributed by atoms with Crippen LogP contribution in [-0.2, 0) is 10.0 Å². The average molecular weight is 280 g/mol. The van der Waals surface area contributed by atoms with Gasteiger partial charge >= 0.3 is 0 Å². The van der Waals surface area contributed by atoms with Gasteiger partial charge in [0.1, 0.15) is 5.82 Å². The fraction of sp³-hybridized carbons (Fsp3) is 0.250. The Bertz CT molecular complexity index is 637. The van der Waals surface area contributed by atoms with Gasteiger partial charge in [-0.05, 0) is 12.5 Å². The van der Waals surface area contributed by atoms with Crippen LogP contribution in [0.3, 0.4) is 0 Å². The number of benzene rings is 1. The maximum atomic E-state index is 12.2. The van der Waals surface area contributed by atoms with E-state index in [4.69, 9.17) is 5.73 Å². The Labute approximate surface area is 112 Å². The molecule has 2 aromatic rings. The molecule has 1 aromatic heterocycles. The molecule has 1 aromatic carbocycles. The molecule has 7 heteroatoms. The number of hydrogen-bond donors (Lipinski definition) is 3. The quantitative estimate of drug-likeness (QED) is 0.750. The molecular formula is C12H16N4O2S. The molecule has 0 radical (unpaired) electrons. The van der Waals surface area contributed by atoms with Crippen LogP contribution in [0.2, 0.25) is 0 Å². The van der Waals surface area contributed by atoms with E-state index >= 15 is 0 Å². The summed E-state index contributed by atoms with van der Waals surface area (Å²) in [6, 6.07) is 8.74. The molecule has 1 atom stereocenters. The van der Waals surface area contributed by atoms with Crippen molar-refractivity contribution in [3.8, 4) is 0 Å². The number of imidazole rings is 1. The molecule has 19 heavy (non-hydrogen) atoms. The van der Waals surface area contributed by atoms with Gasteiger partial charge in [0.15, 0.2) is 5.03 Å². The molecule has 1 heterocycles. The maximum absolute atomic E-state index is 12.2.